The van der Waals surface area contributed by atoms with Gasteiger partial charge in [0.15, 0.2) is 0 Å². The van der Waals surface area contributed by atoms with Crippen LogP contribution >= 0.6 is 0 Å². The molecule has 0 spiro atoms. The standard InChI is InChI=1S/C10H16N2O/c1-8-3-6-13-10(8)9-7-11-4-5-12(9)2/h3,6,9,11H,4-5,7H2,1-2H3. The van der Waals surface area contributed by atoms with E-state index in [2.05, 4.69) is 24.2 Å². The average Bonchev–Trinajstić information content (AvgIpc) is 2.52. The number of hydrogen-bond acceptors (Lipinski definition) is 3. The largest absolute Gasteiger partial charge is 0.467 e. The molecule has 0 amide bonds. The fraction of sp³-hybridized carbons (Fsp3) is 0.600. The molecule has 0 bridgehead atoms. The van der Waals surface area contributed by atoms with E-state index in [0.29, 0.717) is 6.04 Å². The molecule has 0 aliphatic carbocycles. The number of piperazine rings is 1. The summed E-state index contributed by atoms with van der Waals surface area (Å²) in [4.78, 5) is 2.34. The minimum absolute atomic E-state index is 0.406. The van der Waals surface area contributed by atoms with Crippen molar-refractivity contribution in [3.63, 3.8) is 0 Å². The molecule has 1 atom stereocenters. The van der Waals surface area contributed by atoms with Crippen molar-refractivity contribution in [2.75, 3.05) is 26.7 Å². The van der Waals surface area contributed by atoms with Crippen LogP contribution in [0.25, 0.3) is 0 Å². The smallest absolute Gasteiger partial charge is 0.125 e. The van der Waals surface area contributed by atoms with Gasteiger partial charge in [-0.1, -0.05) is 0 Å². The van der Waals surface area contributed by atoms with Crippen molar-refractivity contribution in [3.05, 3.63) is 23.7 Å². The molecule has 2 heterocycles. The fourth-order valence-corrected chi connectivity index (χ4v) is 1.82. The highest BCUT2D eigenvalue weighted by Crippen LogP contribution is 2.24. The lowest BCUT2D eigenvalue weighted by molar-refractivity contribution is 0.177. The molecule has 72 valence electrons. The summed E-state index contributed by atoms with van der Waals surface area (Å²) in [7, 11) is 2.15. The third-order valence-electron chi connectivity index (χ3n) is 2.72. The lowest BCUT2D eigenvalue weighted by Gasteiger charge is -2.31. The number of hydrogen-bond donors (Lipinski definition) is 1. The van der Waals surface area contributed by atoms with Crippen molar-refractivity contribution in [2.24, 2.45) is 0 Å². The van der Waals surface area contributed by atoms with E-state index in [9.17, 15) is 0 Å². The molecule has 0 aromatic carbocycles. The monoisotopic (exact) mass is 180 g/mol. The molecule has 13 heavy (non-hydrogen) atoms. The number of nitrogens with one attached hydrogen (secondary N) is 1. The Balaban J connectivity index is 2.19. The van der Waals surface area contributed by atoms with Gasteiger partial charge in [-0.25, -0.2) is 0 Å². The van der Waals surface area contributed by atoms with Crippen LogP contribution in [0.15, 0.2) is 16.7 Å². The maximum Gasteiger partial charge on any atom is 0.125 e. The second-order valence-electron chi connectivity index (χ2n) is 3.67. The summed E-state index contributed by atoms with van der Waals surface area (Å²) in [6.45, 7) is 5.25. The molecular formula is C10H16N2O. The first-order valence-electron chi connectivity index (χ1n) is 4.74. The minimum Gasteiger partial charge on any atom is -0.467 e. The zero-order chi connectivity index (χ0) is 9.26. The van der Waals surface area contributed by atoms with Crippen molar-refractivity contribution >= 4 is 0 Å². The molecule has 1 fully saturated rings. The molecule has 1 aromatic heterocycles. The molecule has 3 nitrogen and oxygen atoms in total. The highest BCUT2D eigenvalue weighted by molar-refractivity contribution is 5.19. The van der Waals surface area contributed by atoms with Gasteiger partial charge in [0.25, 0.3) is 0 Å². The maximum absolute atomic E-state index is 5.49. The number of rotatable bonds is 1. The predicted octanol–water partition coefficient (Wildman–Crippen LogP) is 1.16. The summed E-state index contributed by atoms with van der Waals surface area (Å²) in [5.41, 5.74) is 1.25. The molecule has 1 aliphatic heterocycles. The molecule has 1 saturated heterocycles. The van der Waals surface area contributed by atoms with E-state index in [4.69, 9.17) is 4.42 Å². The third kappa shape index (κ3) is 1.62. The minimum atomic E-state index is 0.406. The normalized spacial score (nSPS) is 24.9. The van der Waals surface area contributed by atoms with Crippen LogP contribution in [0.1, 0.15) is 17.4 Å². The van der Waals surface area contributed by atoms with E-state index in [1.165, 1.54) is 5.56 Å². The molecule has 3 heteroatoms. The number of aryl methyl sites for hydroxylation is 1. The second-order valence-corrected chi connectivity index (χ2v) is 3.67. The molecule has 1 aliphatic rings. The number of furan rings is 1. The fourth-order valence-electron chi connectivity index (χ4n) is 1.82. The van der Waals surface area contributed by atoms with Crippen molar-refractivity contribution in [3.8, 4) is 0 Å². The second kappa shape index (κ2) is 3.52. The van der Waals surface area contributed by atoms with Crippen LogP contribution in [0, 0.1) is 6.92 Å². The Labute approximate surface area is 78.7 Å². The first kappa shape index (κ1) is 8.78. The Bertz CT molecular complexity index is 282. The van der Waals surface area contributed by atoms with Gasteiger partial charge in [-0.15, -0.1) is 0 Å². The van der Waals surface area contributed by atoms with Crippen LogP contribution in [0.2, 0.25) is 0 Å². The van der Waals surface area contributed by atoms with Gasteiger partial charge in [-0.3, -0.25) is 4.90 Å². The quantitative estimate of drug-likeness (QED) is 0.703. The van der Waals surface area contributed by atoms with E-state index in [1.54, 1.807) is 6.26 Å². The van der Waals surface area contributed by atoms with Crippen molar-refractivity contribution in [2.45, 2.75) is 13.0 Å². The van der Waals surface area contributed by atoms with Crippen LogP contribution in [0.3, 0.4) is 0 Å². The first-order chi connectivity index (χ1) is 6.29. The van der Waals surface area contributed by atoms with E-state index in [0.717, 1.165) is 25.4 Å². The van der Waals surface area contributed by atoms with Gasteiger partial charge in [-0.05, 0) is 25.6 Å². The van der Waals surface area contributed by atoms with Gasteiger partial charge in [0.1, 0.15) is 5.76 Å². The lowest BCUT2D eigenvalue weighted by Crippen LogP contribution is -2.43. The van der Waals surface area contributed by atoms with Crippen molar-refractivity contribution in [1.29, 1.82) is 0 Å². The average molecular weight is 180 g/mol. The third-order valence-corrected chi connectivity index (χ3v) is 2.72. The van der Waals surface area contributed by atoms with Gasteiger partial charge in [0.2, 0.25) is 0 Å². The van der Waals surface area contributed by atoms with E-state index < -0.39 is 0 Å². The molecule has 1 unspecified atom stereocenters. The zero-order valence-corrected chi connectivity index (χ0v) is 8.21. The highest BCUT2D eigenvalue weighted by Gasteiger charge is 2.23. The number of nitrogens with zero attached hydrogens (tertiary/aromatic N) is 1. The van der Waals surface area contributed by atoms with Gasteiger partial charge in [-0.2, -0.15) is 0 Å². The number of likely N-dealkylation sites (N-methyl/N-ethyl adjacent to an activating group) is 1. The summed E-state index contributed by atoms with van der Waals surface area (Å²) in [6, 6.07) is 2.43. The van der Waals surface area contributed by atoms with Gasteiger partial charge in [0.05, 0.1) is 12.3 Å². The zero-order valence-electron chi connectivity index (χ0n) is 8.21. The summed E-state index contributed by atoms with van der Waals surface area (Å²) >= 11 is 0. The van der Waals surface area contributed by atoms with Crippen LogP contribution in [0.4, 0.5) is 0 Å². The van der Waals surface area contributed by atoms with E-state index >= 15 is 0 Å². The highest BCUT2D eigenvalue weighted by atomic mass is 16.3. The van der Waals surface area contributed by atoms with Crippen molar-refractivity contribution in [1.82, 2.24) is 10.2 Å². The summed E-state index contributed by atoms with van der Waals surface area (Å²) in [5.74, 6) is 1.11. The Morgan fingerprint density at radius 3 is 3.08 bits per heavy atom. The Kier molecular flexibility index (Phi) is 2.38. The van der Waals surface area contributed by atoms with Crippen molar-refractivity contribution < 1.29 is 4.42 Å². The van der Waals surface area contributed by atoms with Crippen LogP contribution in [-0.2, 0) is 0 Å². The van der Waals surface area contributed by atoms with E-state index in [1.807, 2.05) is 6.07 Å². The molecule has 0 saturated carbocycles. The topological polar surface area (TPSA) is 28.4 Å². The molecule has 2 rings (SSSR count). The van der Waals surface area contributed by atoms with E-state index in [-0.39, 0.29) is 0 Å². The first-order valence-corrected chi connectivity index (χ1v) is 4.74. The Morgan fingerprint density at radius 1 is 1.62 bits per heavy atom. The Morgan fingerprint density at radius 2 is 2.46 bits per heavy atom. The summed E-state index contributed by atoms with van der Waals surface area (Å²) in [6.07, 6.45) is 1.77. The molecular weight excluding hydrogens is 164 g/mol. The van der Waals surface area contributed by atoms with Gasteiger partial charge < -0.3 is 9.73 Å². The van der Waals surface area contributed by atoms with Crippen LogP contribution < -0.4 is 5.32 Å². The van der Waals surface area contributed by atoms with Gasteiger partial charge >= 0.3 is 0 Å². The summed E-state index contributed by atoms with van der Waals surface area (Å²) in [5, 5.41) is 3.38. The molecule has 1 aromatic rings. The predicted molar refractivity (Wildman–Crippen MR) is 51.7 cm³/mol. The lowest BCUT2D eigenvalue weighted by atomic mass is 10.1. The molecule has 0 radical (unpaired) electrons. The SMILES string of the molecule is Cc1ccoc1C1CNCCN1C. The van der Waals surface area contributed by atoms with Gasteiger partial charge in [0, 0.05) is 19.6 Å². The maximum atomic E-state index is 5.49. The Hall–Kier alpha value is -0.800. The molecule has 1 N–H and O–H groups in total. The van der Waals surface area contributed by atoms with Crippen LogP contribution in [-0.4, -0.2) is 31.6 Å². The summed E-state index contributed by atoms with van der Waals surface area (Å²) < 4.78 is 5.49. The van der Waals surface area contributed by atoms with Crippen LogP contribution in [0.5, 0.6) is 0 Å².